The SMILES string of the molecule is CC(C)(C)OC(=O)N1CC(CCC(Nc2cccc(SNC(=O)c3ccc(-n4ccc(OCCC5C6(CC6)C56CC6)n4)nc3Cl)n2)c2cc(C(C)(C)C)ccn2)CC1(C)C. The Balaban J connectivity index is 0.882. The van der Waals surface area contributed by atoms with E-state index in [-0.39, 0.29) is 33.8 Å². The average molecular weight is 856 g/mol. The van der Waals surface area contributed by atoms with Crippen LogP contribution in [0.25, 0.3) is 5.82 Å². The van der Waals surface area contributed by atoms with Crippen molar-refractivity contribution in [3.8, 4) is 11.7 Å². The van der Waals surface area contributed by atoms with Gasteiger partial charge in [0.15, 0.2) is 5.82 Å². The topological polar surface area (TPSA) is 136 Å². The molecule has 0 radical (unpaired) electrons. The molecule has 2 amide bonds. The lowest BCUT2D eigenvalue weighted by atomic mass is 9.86. The fourth-order valence-corrected chi connectivity index (χ4v) is 10.6. The van der Waals surface area contributed by atoms with Gasteiger partial charge in [0.25, 0.3) is 5.91 Å². The summed E-state index contributed by atoms with van der Waals surface area (Å²) >= 11 is 7.67. The van der Waals surface area contributed by atoms with Gasteiger partial charge in [-0.1, -0.05) is 38.4 Å². The number of ether oxygens (including phenoxy) is 2. The van der Waals surface area contributed by atoms with E-state index in [1.807, 2.05) is 56.1 Å². The highest BCUT2D eigenvalue weighted by Crippen LogP contribution is 2.93. The minimum Gasteiger partial charge on any atom is -0.477 e. The van der Waals surface area contributed by atoms with E-state index in [1.54, 1.807) is 23.0 Å². The smallest absolute Gasteiger partial charge is 0.410 e. The Labute approximate surface area is 363 Å². The van der Waals surface area contributed by atoms with Crippen molar-refractivity contribution in [2.75, 3.05) is 18.5 Å². The number of rotatable bonds is 14. The Hall–Kier alpha value is -4.36. The summed E-state index contributed by atoms with van der Waals surface area (Å²) in [7, 11) is 0. The normalized spacial score (nSPS) is 20.2. The fourth-order valence-electron chi connectivity index (χ4n) is 9.77. The molecule has 2 N–H and O–H groups in total. The van der Waals surface area contributed by atoms with Crippen molar-refractivity contribution >= 4 is 41.4 Å². The Morgan fingerprint density at radius 1 is 0.983 bits per heavy atom. The lowest BCUT2D eigenvalue weighted by Gasteiger charge is -2.33. The van der Waals surface area contributed by atoms with Crippen LogP contribution < -0.4 is 14.8 Å². The molecule has 12 nitrogen and oxygen atoms in total. The van der Waals surface area contributed by atoms with Gasteiger partial charge in [-0.2, -0.15) is 0 Å². The summed E-state index contributed by atoms with van der Waals surface area (Å²) in [4.78, 5) is 42.5. The van der Waals surface area contributed by atoms with Crippen molar-refractivity contribution < 1.29 is 19.1 Å². The Kier molecular flexibility index (Phi) is 11.2. The summed E-state index contributed by atoms with van der Waals surface area (Å²) in [5, 5.41) is 8.86. The Bertz CT molecular complexity index is 2220. The highest BCUT2D eigenvalue weighted by Gasteiger charge is 2.85. The monoisotopic (exact) mass is 854 g/mol. The van der Waals surface area contributed by atoms with Gasteiger partial charge in [-0.3, -0.25) is 14.5 Å². The number of aromatic nitrogens is 5. The molecule has 4 aromatic rings. The minimum atomic E-state index is -0.557. The Morgan fingerprint density at radius 2 is 1.73 bits per heavy atom. The minimum absolute atomic E-state index is 0.0526. The highest BCUT2D eigenvalue weighted by atomic mass is 35.5. The van der Waals surface area contributed by atoms with Crippen LogP contribution in [0.5, 0.6) is 5.88 Å². The van der Waals surface area contributed by atoms with Crippen molar-refractivity contribution in [3.63, 3.8) is 0 Å². The maximum Gasteiger partial charge on any atom is 0.410 e. The first-order valence-corrected chi connectivity index (χ1v) is 22.6. The summed E-state index contributed by atoms with van der Waals surface area (Å²) in [5.74, 6) is 2.43. The summed E-state index contributed by atoms with van der Waals surface area (Å²) < 4.78 is 16.3. The zero-order valence-corrected chi connectivity index (χ0v) is 37.8. The van der Waals surface area contributed by atoms with E-state index in [0.717, 1.165) is 49.2 Å². The number of carbonyl (C=O) groups excluding carboxylic acids is 2. The first kappa shape index (κ1) is 42.3. The van der Waals surface area contributed by atoms with Gasteiger partial charge in [-0.05, 0) is 156 Å². The highest BCUT2D eigenvalue weighted by molar-refractivity contribution is 7.97. The zero-order chi connectivity index (χ0) is 42.7. The van der Waals surface area contributed by atoms with Crippen LogP contribution in [0.2, 0.25) is 5.15 Å². The van der Waals surface area contributed by atoms with Gasteiger partial charge in [-0.15, -0.1) is 5.10 Å². The van der Waals surface area contributed by atoms with Gasteiger partial charge in [0.05, 0.1) is 23.9 Å². The van der Waals surface area contributed by atoms with Crippen LogP contribution >= 0.6 is 23.5 Å². The van der Waals surface area contributed by atoms with Gasteiger partial charge in [0, 0.05) is 42.5 Å². The molecule has 0 aromatic carbocycles. The molecule has 2 atom stereocenters. The summed E-state index contributed by atoms with van der Waals surface area (Å²) in [6.07, 6.45) is 12.6. The Morgan fingerprint density at radius 3 is 2.42 bits per heavy atom. The number of nitrogens with one attached hydrogen (secondary N) is 2. The van der Waals surface area contributed by atoms with E-state index in [4.69, 9.17) is 31.0 Å². The molecule has 3 aliphatic carbocycles. The third-order valence-electron chi connectivity index (χ3n) is 13.1. The van der Waals surface area contributed by atoms with Gasteiger partial charge in [-0.25, -0.2) is 19.4 Å². The summed E-state index contributed by atoms with van der Waals surface area (Å²) in [6.45, 7) is 17.8. The third kappa shape index (κ3) is 8.98. The second kappa shape index (κ2) is 15.8. The second-order valence-electron chi connectivity index (χ2n) is 20.0. The fraction of sp³-hybridized carbons (Fsp3) is 0.565. The number of hydrogen-bond acceptors (Lipinski definition) is 10. The number of halogens is 1. The third-order valence-corrected chi connectivity index (χ3v) is 14.1. The quantitative estimate of drug-likeness (QED) is 0.0932. The number of fused-ring (bicyclic) bond motifs is 1. The zero-order valence-electron chi connectivity index (χ0n) is 36.2. The standard InChI is InChI=1S/C46H59ClN8O4S/c1-42(2,3)30-16-23-48-33(26-30)32(14-12-29-27-44(7,8)54(28-29)41(57)59-43(4,5)6)49-35-10-9-11-38(50-35)60-53-40(56)31-13-15-36(51-39(31)47)55-24-17-37(52-55)58-25-18-34-45(19-20-45)46(34)21-22-46/h9-11,13,15-17,23-24,26,29,32,34H,12,14,18-22,25,27-28H2,1-8H3,(H,49,50)(H,53,56). The number of anilines is 1. The predicted molar refractivity (Wildman–Crippen MR) is 235 cm³/mol. The van der Waals surface area contributed by atoms with Crippen LogP contribution in [0.3, 0.4) is 0 Å². The molecule has 0 bridgehead atoms. The molecular weight excluding hydrogens is 796 g/mol. The molecule has 60 heavy (non-hydrogen) atoms. The summed E-state index contributed by atoms with van der Waals surface area (Å²) in [5.41, 5.74) is 2.78. The number of nitrogens with zero attached hydrogens (tertiary/aromatic N) is 6. The molecular formula is C46H59ClN8O4S. The summed E-state index contributed by atoms with van der Waals surface area (Å²) in [6, 6.07) is 14.9. The average Bonchev–Trinajstić information content (AvgIpc) is 4.14. The molecule has 8 rings (SSSR count). The van der Waals surface area contributed by atoms with Crippen LogP contribution in [0.4, 0.5) is 10.6 Å². The largest absolute Gasteiger partial charge is 0.477 e. The number of hydrogen-bond donors (Lipinski definition) is 2. The van der Waals surface area contributed by atoms with Gasteiger partial charge >= 0.3 is 6.09 Å². The van der Waals surface area contributed by atoms with E-state index in [2.05, 4.69) is 66.9 Å². The van der Waals surface area contributed by atoms with Crippen molar-refractivity contribution in [2.45, 2.75) is 134 Å². The molecule has 4 aliphatic rings. The van der Waals surface area contributed by atoms with Crippen molar-refractivity contribution in [3.05, 3.63) is 82.9 Å². The van der Waals surface area contributed by atoms with Crippen LogP contribution in [0.1, 0.15) is 134 Å². The van der Waals surface area contributed by atoms with E-state index in [1.165, 1.54) is 31.2 Å². The molecule has 5 heterocycles. The van der Waals surface area contributed by atoms with E-state index in [9.17, 15) is 9.59 Å². The molecule has 2 unspecified atom stereocenters. The van der Waals surface area contributed by atoms with Crippen LogP contribution in [0, 0.1) is 22.7 Å². The number of carbonyl (C=O) groups is 2. The van der Waals surface area contributed by atoms with E-state index >= 15 is 0 Å². The first-order chi connectivity index (χ1) is 28.4. The lowest BCUT2D eigenvalue weighted by Crippen LogP contribution is -2.45. The second-order valence-corrected chi connectivity index (χ2v) is 21.2. The van der Waals surface area contributed by atoms with E-state index in [0.29, 0.717) is 52.4 Å². The van der Waals surface area contributed by atoms with Crippen molar-refractivity contribution in [1.82, 2.24) is 34.4 Å². The molecule has 14 heteroatoms. The molecule has 3 saturated carbocycles. The molecule has 320 valence electrons. The lowest BCUT2D eigenvalue weighted by molar-refractivity contribution is 0.0130. The van der Waals surface area contributed by atoms with E-state index < -0.39 is 11.5 Å². The number of likely N-dealkylation sites (tertiary alicyclic amines) is 1. The molecule has 4 fully saturated rings. The van der Waals surface area contributed by atoms with Crippen LogP contribution in [-0.4, -0.2) is 65.9 Å². The van der Waals surface area contributed by atoms with Gasteiger partial charge < -0.3 is 19.7 Å². The number of amides is 2. The first-order valence-electron chi connectivity index (χ1n) is 21.4. The van der Waals surface area contributed by atoms with Gasteiger partial charge in [0.1, 0.15) is 21.6 Å². The predicted octanol–water partition coefficient (Wildman–Crippen LogP) is 10.4. The maximum absolute atomic E-state index is 13.3. The van der Waals surface area contributed by atoms with Gasteiger partial charge in [0.2, 0.25) is 5.88 Å². The van der Waals surface area contributed by atoms with Crippen molar-refractivity contribution in [2.24, 2.45) is 22.7 Å². The van der Waals surface area contributed by atoms with Crippen molar-refractivity contribution in [1.29, 1.82) is 0 Å². The molecule has 2 spiro atoms. The maximum atomic E-state index is 13.3. The molecule has 4 aromatic heterocycles. The molecule has 1 aliphatic heterocycles. The van der Waals surface area contributed by atoms with Crippen LogP contribution in [0.15, 0.2) is 66.0 Å². The molecule has 1 saturated heterocycles. The van der Waals surface area contributed by atoms with Crippen LogP contribution in [-0.2, 0) is 10.2 Å². The number of pyridine rings is 3.